The summed E-state index contributed by atoms with van der Waals surface area (Å²) in [6.07, 6.45) is 0. The molecule has 0 spiro atoms. The summed E-state index contributed by atoms with van der Waals surface area (Å²) in [5, 5.41) is 5.75. The van der Waals surface area contributed by atoms with Gasteiger partial charge in [0.15, 0.2) is 0 Å². The summed E-state index contributed by atoms with van der Waals surface area (Å²) in [5.41, 5.74) is 7.40. The van der Waals surface area contributed by atoms with E-state index in [2.05, 4.69) is 21.0 Å². The molecule has 5 heteroatoms. The van der Waals surface area contributed by atoms with Gasteiger partial charge in [-0.3, -0.25) is 4.79 Å². The van der Waals surface area contributed by atoms with Gasteiger partial charge in [0, 0.05) is 16.7 Å². The molecule has 1 amide bonds. The number of hydrogen-bond donors (Lipinski definition) is 1. The molecule has 1 unspecified atom stereocenters. The predicted octanol–water partition coefficient (Wildman–Crippen LogP) is 1.74. The summed E-state index contributed by atoms with van der Waals surface area (Å²) in [4.78, 5) is 12.0. The molecule has 2 rings (SSSR count). The van der Waals surface area contributed by atoms with Gasteiger partial charge in [-0.15, -0.1) is 0 Å². The average Bonchev–Trinajstić information content (AvgIpc) is 2.57. The Morgan fingerprint density at radius 1 is 1.47 bits per heavy atom. The van der Waals surface area contributed by atoms with Gasteiger partial charge in [0.1, 0.15) is 0 Å². The highest BCUT2D eigenvalue weighted by molar-refractivity contribution is 9.10. The van der Waals surface area contributed by atoms with E-state index in [9.17, 15) is 4.79 Å². The third-order valence-electron chi connectivity index (χ3n) is 2.85. The fraction of sp³-hybridized carbons (Fsp3) is 0.333. The Balaban J connectivity index is 2.17. The summed E-state index contributed by atoms with van der Waals surface area (Å²) in [7, 11) is 0. The summed E-state index contributed by atoms with van der Waals surface area (Å²) >= 11 is 3.46. The van der Waals surface area contributed by atoms with Crippen molar-refractivity contribution < 1.29 is 4.79 Å². The second-order valence-corrected chi connectivity index (χ2v) is 4.87. The number of nitrogens with two attached hydrogens (primary N) is 1. The Hall–Kier alpha value is -1.20. The molecule has 0 bridgehead atoms. The van der Waals surface area contributed by atoms with E-state index in [1.165, 1.54) is 5.01 Å². The van der Waals surface area contributed by atoms with E-state index in [0.29, 0.717) is 13.1 Å². The van der Waals surface area contributed by atoms with Gasteiger partial charge in [0.2, 0.25) is 0 Å². The first-order chi connectivity index (χ1) is 8.13. The van der Waals surface area contributed by atoms with Crippen molar-refractivity contribution in [1.82, 2.24) is 5.01 Å². The zero-order valence-corrected chi connectivity index (χ0v) is 11.1. The van der Waals surface area contributed by atoms with E-state index in [0.717, 1.165) is 15.7 Å². The lowest BCUT2D eigenvalue weighted by Gasteiger charge is -2.14. The summed E-state index contributed by atoms with van der Waals surface area (Å²) in [5.74, 6) is -0.266. The lowest BCUT2D eigenvalue weighted by molar-refractivity contribution is -0.132. The highest BCUT2D eigenvalue weighted by Crippen LogP contribution is 2.22. The molecule has 1 atom stereocenters. The average molecular weight is 296 g/mol. The van der Waals surface area contributed by atoms with E-state index in [4.69, 9.17) is 5.73 Å². The molecule has 1 aromatic rings. The van der Waals surface area contributed by atoms with Crippen molar-refractivity contribution >= 4 is 27.5 Å². The minimum atomic E-state index is -0.252. The van der Waals surface area contributed by atoms with Gasteiger partial charge < -0.3 is 5.73 Å². The first kappa shape index (κ1) is 12.3. The minimum absolute atomic E-state index is 0.0132. The van der Waals surface area contributed by atoms with Crippen molar-refractivity contribution in [2.45, 2.75) is 13.5 Å². The number of rotatable bonds is 3. The fourth-order valence-electron chi connectivity index (χ4n) is 1.84. The van der Waals surface area contributed by atoms with Gasteiger partial charge in [-0.2, -0.15) is 5.10 Å². The lowest BCUT2D eigenvalue weighted by atomic mass is 10.1. The fourth-order valence-corrected chi connectivity index (χ4v) is 2.25. The maximum absolute atomic E-state index is 12.0. The molecule has 1 aliphatic heterocycles. The van der Waals surface area contributed by atoms with Gasteiger partial charge in [-0.1, -0.05) is 34.1 Å². The number of carbonyl (C=O) groups excluding carboxylic acids is 1. The molecule has 0 fully saturated rings. The second-order valence-electron chi connectivity index (χ2n) is 4.02. The normalized spacial score (nSPS) is 19.7. The third kappa shape index (κ3) is 2.40. The Kier molecular flexibility index (Phi) is 3.59. The largest absolute Gasteiger partial charge is 0.329 e. The Bertz CT molecular complexity index is 473. The molecule has 2 N–H and O–H groups in total. The summed E-state index contributed by atoms with van der Waals surface area (Å²) in [6, 6.07) is 7.80. The van der Waals surface area contributed by atoms with Crippen molar-refractivity contribution in [1.29, 1.82) is 0 Å². The third-order valence-corrected chi connectivity index (χ3v) is 3.62. The molecule has 1 heterocycles. The van der Waals surface area contributed by atoms with Crippen LogP contribution in [0.15, 0.2) is 33.8 Å². The van der Waals surface area contributed by atoms with Gasteiger partial charge >= 0.3 is 0 Å². The summed E-state index contributed by atoms with van der Waals surface area (Å²) < 4.78 is 0.983. The second kappa shape index (κ2) is 4.98. The lowest BCUT2D eigenvalue weighted by Crippen LogP contribution is -2.31. The van der Waals surface area contributed by atoms with Crippen molar-refractivity contribution in [3.8, 4) is 0 Å². The molecular weight excluding hydrogens is 282 g/mol. The van der Waals surface area contributed by atoms with Crippen LogP contribution in [-0.2, 0) is 11.3 Å². The molecule has 90 valence electrons. The van der Waals surface area contributed by atoms with Crippen molar-refractivity contribution in [2.24, 2.45) is 16.8 Å². The standard InChI is InChI=1S/C12H14BrN3O/c1-8-10(6-14)12(17)16(15-8)7-9-4-2-3-5-11(9)13/h2-5,10H,6-7,14H2,1H3. The van der Waals surface area contributed by atoms with Gasteiger partial charge in [-0.25, -0.2) is 5.01 Å². The van der Waals surface area contributed by atoms with Crippen LogP contribution in [0.3, 0.4) is 0 Å². The molecular formula is C12H14BrN3O. The van der Waals surface area contributed by atoms with E-state index in [-0.39, 0.29) is 11.8 Å². The Morgan fingerprint density at radius 2 is 2.18 bits per heavy atom. The van der Waals surface area contributed by atoms with E-state index in [1.54, 1.807) is 0 Å². The summed E-state index contributed by atoms with van der Waals surface area (Å²) in [6.45, 7) is 2.64. The maximum atomic E-state index is 12.0. The van der Waals surface area contributed by atoms with Crippen molar-refractivity contribution in [2.75, 3.05) is 6.54 Å². The maximum Gasteiger partial charge on any atom is 0.253 e. The number of nitrogens with zero attached hydrogens (tertiary/aromatic N) is 2. The van der Waals surface area contributed by atoms with Crippen LogP contribution in [-0.4, -0.2) is 23.2 Å². The van der Waals surface area contributed by atoms with Crippen LogP contribution in [0, 0.1) is 5.92 Å². The van der Waals surface area contributed by atoms with Crippen molar-refractivity contribution in [3.05, 3.63) is 34.3 Å². The molecule has 0 radical (unpaired) electrons. The highest BCUT2D eigenvalue weighted by Gasteiger charge is 2.32. The number of benzene rings is 1. The molecule has 0 aromatic heterocycles. The van der Waals surface area contributed by atoms with E-state index < -0.39 is 0 Å². The number of hydrazone groups is 1. The monoisotopic (exact) mass is 295 g/mol. The van der Waals surface area contributed by atoms with Gasteiger partial charge in [0.25, 0.3) is 5.91 Å². The SMILES string of the molecule is CC1=NN(Cc2ccccc2Br)C(=O)C1CN. The van der Waals surface area contributed by atoms with Crippen LogP contribution in [0.1, 0.15) is 12.5 Å². The first-order valence-electron chi connectivity index (χ1n) is 5.43. The highest BCUT2D eigenvalue weighted by atomic mass is 79.9. The van der Waals surface area contributed by atoms with Crippen molar-refractivity contribution in [3.63, 3.8) is 0 Å². The molecule has 0 saturated heterocycles. The Labute approximate surface area is 109 Å². The molecule has 0 aliphatic carbocycles. The Morgan fingerprint density at radius 3 is 2.76 bits per heavy atom. The smallest absolute Gasteiger partial charge is 0.253 e. The van der Waals surface area contributed by atoms with Crippen LogP contribution in [0.4, 0.5) is 0 Å². The quantitative estimate of drug-likeness (QED) is 0.923. The molecule has 17 heavy (non-hydrogen) atoms. The van der Waals surface area contributed by atoms with E-state index >= 15 is 0 Å². The molecule has 0 saturated carbocycles. The molecule has 4 nitrogen and oxygen atoms in total. The number of hydrogen-bond acceptors (Lipinski definition) is 3. The number of halogens is 1. The molecule has 1 aliphatic rings. The van der Waals surface area contributed by atoms with Crippen LogP contribution in [0.2, 0.25) is 0 Å². The predicted molar refractivity (Wildman–Crippen MR) is 70.3 cm³/mol. The van der Waals surface area contributed by atoms with Crippen LogP contribution >= 0.6 is 15.9 Å². The zero-order chi connectivity index (χ0) is 12.4. The first-order valence-corrected chi connectivity index (χ1v) is 6.22. The number of carbonyl (C=O) groups is 1. The van der Waals surface area contributed by atoms with E-state index in [1.807, 2.05) is 31.2 Å². The van der Waals surface area contributed by atoms with Crippen LogP contribution in [0.5, 0.6) is 0 Å². The molecule has 1 aromatic carbocycles. The minimum Gasteiger partial charge on any atom is -0.329 e. The van der Waals surface area contributed by atoms with Crippen LogP contribution in [0.25, 0.3) is 0 Å². The zero-order valence-electron chi connectivity index (χ0n) is 9.56. The van der Waals surface area contributed by atoms with Gasteiger partial charge in [-0.05, 0) is 18.6 Å². The van der Waals surface area contributed by atoms with Crippen LogP contribution < -0.4 is 5.73 Å². The topological polar surface area (TPSA) is 58.7 Å². The van der Waals surface area contributed by atoms with Gasteiger partial charge in [0.05, 0.1) is 12.5 Å². The number of amides is 1.